The lowest BCUT2D eigenvalue weighted by Crippen LogP contribution is -2.29. The molecule has 2 rings (SSSR count). The quantitative estimate of drug-likeness (QED) is 0.866. The molecule has 0 unspecified atom stereocenters. The summed E-state index contributed by atoms with van der Waals surface area (Å²) >= 11 is 6.36. The van der Waals surface area contributed by atoms with E-state index >= 15 is 0 Å². The molecular weight excluding hydrogens is 266 g/mol. The minimum absolute atomic E-state index is 0.0894. The first-order valence-electron chi connectivity index (χ1n) is 5.09. The van der Waals surface area contributed by atoms with Gasteiger partial charge in [0.15, 0.2) is 0 Å². The summed E-state index contributed by atoms with van der Waals surface area (Å²) in [6.07, 6.45) is 0. The van der Waals surface area contributed by atoms with Crippen LogP contribution >= 0.6 is 23.6 Å². The molecule has 0 spiro atoms. The highest BCUT2D eigenvalue weighted by Crippen LogP contribution is 2.23. The maximum atomic E-state index is 12.1. The van der Waals surface area contributed by atoms with E-state index in [4.69, 9.17) is 23.2 Å². The molecule has 0 radical (unpaired) electrons. The van der Waals surface area contributed by atoms with Crippen molar-refractivity contribution in [2.45, 2.75) is 6.54 Å². The van der Waals surface area contributed by atoms with Gasteiger partial charge in [-0.2, -0.15) is 5.26 Å². The van der Waals surface area contributed by atoms with Crippen LogP contribution in [0.3, 0.4) is 0 Å². The number of pyridine rings is 1. The van der Waals surface area contributed by atoms with Crippen molar-refractivity contribution in [1.82, 2.24) is 4.57 Å². The lowest BCUT2D eigenvalue weighted by atomic mass is 10.2. The van der Waals surface area contributed by atoms with Crippen molar-refractivity contribution >= 4 is 28.5 Å². The fraction of sp³-hybridized carbons (Fsp3) is 0.0833. The molecule has 0 amide bonds. The second kappa shape index (κ2) is 5.12. The van der Waals surface area contributed by atoms with Crippen LogP contribution in [-0.4, -0.2) is 9.56 Å². The van der Waals surface area contributed by atoms with Gasteiger partial charge in [0.25, 0.3) is 5.56 Å². The number of hydrogen-bond acceptors (Lipinski definition) is 4. The number of hydrogen-bond donors (Lipinski definition) is 1. The van der Waals surface area contributed by atoms with Gasteiger partial charge in [0.05, 0.1) is 22.1 Å². The van der Waals surface area contributed by atoms with Crippen LogP contribution in [0, 0.1) is 11.3 Å². The Morgan fingerprint density at radius 3 is 2.83 bits per heavy atom. The summed E-state index contributed by atoms with van der Waals surface area (Å²) in [5.41, 5.74) is 5.95. The average Bonchev–Trinajstić information content (AvgIpc) is 2.84. The Balaban J connectivity index is 2.67. The van der Waals surface area contributed by atoms with Crippen LogP contribution in [0.2, 0.25) is 0 Å². The lowest BCUT2D eigenvalue weighted by molar-refractivity contribution is 0.816. The maximum Gasteiger partial charge on any atom is 0.269 e. The number of nitrogens with zero attached hydrogens (tertiary/aromatic N) is 2. The number of nitrogens with two attached hydrogens (primary N) is 1. The first-order valence-corrected chi connectivity index (χ1v) is 6.38. The van der Waals surface area contributed by atoms with Crippen molar-refractivity contribution in [3.63, 3.8) is 0 Å². The summed E-state index contributed by atoms with van der Waals surface area (Å²) in [4.78, 5) is 13.2. The third kappa shape index (κ3) is 2.32. The maximum absolute atomic E-state index is 12.1. The SMILES string of the molecule is N#Cc1ccc(-c2cccs2)n(CC(N)=S)c1=O. The van der Waals surface area contributed by atoms with Crippen LogP contribution in [0.4, 0.5) is 0 Å². The van der Waals surface area contributed by atoms with Crippen molar-refractivity contribution < 1.29 is 0 Å². The highest BCUT2D eigenvalue weighted by atomic mass is 32.1. The predicted octanol–water partition coefficient (Wildman–Crippen LogP) is 1.73. The van der Waals surface area contributed by atoms with Gasteiger partial charge < -0.3 is 5.73 Å². The molecule has 0 bridgehead atoms. The molecule has 6 heteroatoms. The van der Waals surface area contributed by atoms with Crippen molar-refractivity contribution in [1.29, 1.82) is 5.26 Å². The second-order valence-electron chi connectivity index (χ2n) is 3.58. The zero-order valence-corrected chi connectivity index (χ0v) is 10.9. The van der Waals surface area contributed by atoms with E-state index in [0.29, 0.717) is 0 Å². The molecule has 0 aliphatic carbocycles. The van der Waals surface area contributed by atoms with Crippen molar-refractivity contribution in [3.05, 3.63) is 45.6 Å². The molecule has 0 saturated carbocycles. The van der Waals surface area contributed by atoms with Crippen LogP contribution in [0.25, 0.3) is 10.6 Å². The number of rotatable bonds is 3. The molecule has 0 atom stereocenters. The monoisotopic (exact) mass is 275 g/mol. The van der Waals surface area contributed by atoms with Crippen LogP contribution in [-0.2, 0) is 6.54 Å². The predicted molar refractivity (Wildman–Crippen MR) is 75.5 cm³/mol. The molecule has 0 fully saturated rings. The van der Waals surface area contributed by atoms with Crippen molar-refractivity contribution in [3.8, 4) is 16.6 Å². The van der Waals surface area contributed by atoms with Gasteiger partial charge in [-0.05, 0) is 23.6 Å². The molecule has 0 aromatic carbocycles. The van der Waals surface area contributed by atoms with Gasteiger partial charge in [-0.25, -0.2) is 0 Å². The normalized spacial score (nSPS) is 9.94. The number of nitriles is 1. The summed E-state index contributed by atoms with van der Waals surface area (Å²) in [5, 5.41) is 10.8. The standard InChI is InChI=1S/C12H9N3OS2/c13-6-8-3-4-9(10-2-1-5-18-10)15(12(8)16)7-11(14)17/h1-5H,7H2,(H2,14,17). The highest BCUT2D eigenvalue weighted by Gasteiger charge is 2.11. The van der Waals surface area contributed by atoms with Gasteiger partial charge in [0, 0.05) is 0 Å². The molecule has 2 N–H and O–H groups in total. The Kier molecular flexibility index (Phi) is 3.55. The lowest BCUT2D eigenvalue weighted by Gasteiger charge is -2.11. The Morgan fingerprint density at radius 1 is 1.50 bits per heavy atom. The fourth-order valence-electron chi connectivity index (χ4n) is 1.62. The zero-order chi connectivity index (χ0) is 13.1. The van der Waals surface area contributed by atoms with E-state index < -0.39 is 0 Å². The van der Waals surface area contributed by atoms with Gasteiger partial charge in [-0.3, -0.25) is 9.36 Å². The van der Waals surface area contributed by atoms with Gasteiger partial charge in [0.2, 0.25) is 0 Å². The summed E-state index contributed by atoms with van der Waals surface area (Å²) < 4.78 is 1.44. The molecule has 2 heterocycles. The number of thiocarbonyl (C=S) groups is 1. The third-order valence-corrected chi connectivity index (χ3v) is 3.40. The van der Waals surface area contributed by atoms with Gasteiger partial charge in [0.1, 0.15) is 11.6 Å². The van der Waals surface area contributed by atoms with Crippen LogP contribution < -0.4 is 11.3 Å². The average molecular weight is 275 g/mol. The second-order valence-corrected chi connectivity index (χ2v) is 5.05. The van der Waals surface area contributed by atoms with Crippen molar-refractivity contribution in [2.75, 3.05) is 0 Å². The van der Waals surface area contributed by atoms with Crippen molar-refractivity contribution in [2.24, 2.45) is 5.73 Å². The molecule has 18 heavy (non-hydrogen) atoms. The smallest absolute Gasteiger partial charge is 0.269 e. The Bertz CT molecular complexity index is 680. The molecular formula is C12H9N3OS2. The molecule has 4 nitrogen and oxygen atoms in total. The van der Waals surface area contributed by atoms with Gasteiger partial charge in [-0.15, -0.1) is 11.3 Å². The minimum atomic E-state index is -0.365. The van der Waals surface area contributed by atoms with E-state index in [1.54, 1.807) is 6.07 Å². The molecule has 2 aromatic rings. The van der Waals surface area contributed by atoms with E-state index in [0.717, 1.165) is 10.6 Å². The van der Waals surface area contributed by atoms with E-state index in [-0.39, 0.29) is 22.7 Å². The van der Waals surface area contributed by atoms with E-state index in [1.165, 1.54) is 22.0 Å². The minimum Gasteiger partial charge on any atom is -0.392 e. The Morgan fingerprint density at radius 2 is 2.28 bits per heavy atom. The molecule has 2 aromatic heterocycles. The molecule has 90 valence electrons. The third-order valence-electron chi connectivity index (χ3n) is 2.38. The molecule has 0 saturated heterocycles. The van der Waals surface area contributed by atoms with Crippen LogP contribution in [0.15, 0.2) is 34.4 Å². The van der Waals surface area contributed by atoms with Crippen LogP contribution in [0.1, 0.15) is 5.56 Å². The summed E-state index contributed by atoms with van der Waals surface area (Å²) in [5.74, 6) is 0. The summed E-state index contributed by atoms with van der Waals surface area (Å²) in [6, 6.07) is 8.93. The Hall–Kier alpha value is -1.97. The molecule has 0 aliphatic heterocycles. The number of thiophene rings is 1. The largest absolute Gasteiger partial charge is 0.392 e. The topological polar surface area (TPSA) is 71.8 Å². The van der Waals surface area contributed by atoms with E-state index in [2.05, 4.69) is 0 Å². The summed E-state index contributed by atoms with van der Waals surface area (Å²) in [6.45, 7) is 0.136. The van der Waals surface area contributed by atoms with Gasteiger partial charge in [-0.1, -0.05) is 18.3 Å². The van der Waals surface area contributed by atoms with Crippen LogP contribution in [0.5, 0.6) is 0 Å². The fourth-order valence-corrected chi connectivity index (χ4v) is 2.50. The van der Waals surface area contributed by atoms with Gasteiger partial charge >= 0.3 is 0 Å². The zero-order valence-electron chi connectivity index (χ0n) is 9.29. The Labute approximate surface area is 113 Å². The van der Waals surface area contributed by atoms with E-state index in [1.807, 2.05) is 23.6 Å². The molecule has 0 aliphatic rings. The van der Waals surface area contributed by atoms with E-state index in [9.17, 15) is 4.79 Å². The summed E-state index contributed by atoms with van der Waals surface area (Å²) in [7, 11) is 0. The highest BCUT2D eigenvalue weighted by molar-refractivity contribution is 7.80. The number of aromatic nitrogens is 1. The first-order chi connectivity index (χ1) is 8.63. The first kappa shape index (κ1) is 12.5.